The Hall–Kier alpha value is -0.610. The minimum atomic E-state index is 0.168. The fourth-order valence-corrected chi connectivity index (χ4v) is 2.57. The van der Waals surface area contributed by atoms with E-state index in [0.717, 1.165) is 45.4 Å². The molecule has 17 heavy (non-hydrogen) atoms. The molecule has 0 spiro atoms. The minimum absolute atomic E-state index is 0.168. The van der Waals surface area contributed by atoms with Crippen LogP contribution in [0.4, 0.5) is 0 Å². The van der Waals surface area contributed by atoms with E-state index in [1.54, 1.807) is 0 Å². The molecule has 1 aliphatic carbocycles. The number of aliphatic hydroxyl groups excluding tert-OH is 1. The van der Waals surface area contributed by atoms with Crippen molar-refractivity contribution in [2.24, 2.45) is 5.41 Å². The third kappa shape index (κ3) is 3.96. The molecule has 2 fully saturated rings. The number of nitrogens with one attached hydrogen (secondary N) is 1. The van der Waals surface area contributed by atoms with Crippen molar-refractivity contribution in [3.05, 3.63) is 0 Å². The number of carbonyl (C=O) groups is 1. The van der Waals surface area contributed by atoms with Crippen molar-refractivity contribution in [1.82, 2.24) is 10.2 Å². The molecule has 1 saturated heterocycles. The van der Waals surface area contributed by atoms with Gasteiger partial charge in [-0.15, -0.1) is 0 Å². The van der Waals surface area contributed by atoms with Gasteiger partial charge in [-0.05, 0) is 50.6 Å². The molecule has 4 heteroatoms. The maximum Gasteiger partial charge on any atom is 0.221 e. The molecule has 0 aromatic heterocycles. The van der Waals surface area contributed by atoms with E-state index in [9.17, 15) is 4.79 Å². The highest BCUT2D eigenvalue weighted by Gasteiger charge is 2.41. The minimum Gasteiger partial charge on any atom is -0.396 e. The standard InChI is InChI=1S/C13H24N2O2/c16-10-6-13(4-5-13)11-14-12(17)3-9-15-7-1-2-8-15/h16H,1-11H2,(H,14,17). The predicted molar refractivity (Wildman–Crippen MR) is 66.7 cm³/mol. The summed E-state index contributed by atoms with van der Waals surface area (Å²) in [5.74, 6) is 0.168. The van der Waals surface area contributed by atoms with Gasteiger partial charge in [0.2, 0.25) is 5.91 Å². The molecule has 2 N–H and O–H groups in total. The lowest BCUT2D eigenvalue weighted by Crippen LogP contribution is -2.33. The van der Waals surface area contributed by atoms with Crippen LogP contribution in [0.3, 0.4) is 0 Å². The summed E-state index contributed by atoms with van der Waals surface area (Å²) in [5, 5.41) is 12.0. The molecule has 1 saturated carbocycles. The van der Waals surface area contributed by atoms with Crippen molar-refractivity contribution in [2.75, 3.05) is 32.8 Å². The largest absolute Gasteiger partial charge is 0.396 e. The third-order valence-corrected chi connectivity index (χ3v) is 4.11. The van der Waals surface area contributed by atoms with Crippen molar-refractivity contribution < 1.29 is 9.90 Å². The van der Waals surface area contributed by atoms with Crippen LogP contribution in [0.1, 0.15) is 38.5 Å². The zero-order valence-electron chi connectivity index (χ0n) is 10.6. The molecule has 2 rings (SSSR count). The van der Waals surface area contributed by atoms with Crippen LogP contribution >= 0.6 is 0 Å². The van der Waals surface area contributed by atoms with Crippen molar-refractivity contribution in [3.63, 3.8) is 0 Å². The van der Waals surface area contributed by atoms with Crippen LogP contribution in [-0.2, 0) is 4.79 Å². The number of likely N-dealkylation sites (tertiary alicyclic amines) is 1. The fourth-order valence-electron chi connectivity index (χ4n) is 2.57. The topological polar surface area (TPSA) is 52.6 Å². The van der Waals surface area contributed by atoms with Gasteiger partial charge in [0.25, 0.3) is 0 Å². The van der Waals surface area contributed by atoms with Crippen molar-refractivity contribution in [2.45, 2.75) is 38.5 Å². The van der Waals surface area contributed by atoms with E-state index >= 15 is 0 Å². The first-order chi connectivity index (χ1) is 8.24. The summed E-state index contributed by atoms with van der Waals surface area (Å²) < 4.78 is 0. The van der Waals surface area contributed by atoms with E-state index in [1.807, 2.05) is 0 Å². The van der Waals surface area contributed by atoms with Crippen LogP contribution in [0.2, 0.25) is 0 Å². The van der Waals surface area contributed by atoms with Gasteiger partial charge in [0.05, 0.1) is 0 Å². The molecule has 1 aliphatic heterocycles. The summed E-state index contributed by atoms with van der Waals surface area (Å²) in [7, 11) is 0. The summed E-state index contributed by atoms with van der Waals surface area (Å²) in [6.45, 7) is 4.21. The van der Waals surface area contributed by atoms with Crippen LogP contribution < -0.4 is 5.32 Å². The maximum absolute atomic E-state index is 11.7. The lowest BCUT2D eigenvalue weighted by atomic mass is 10.0. The molecule has 4 nitrogen and oxygen atoms in total. The Bertz CT molecular complexity index is 258. The van der Waals surface area contributed by atoms with E-state index in [4.69, 9.17) is 5.11 Å². The predicted octanol–water partition coefficient (Wildman–Crippen LogP) is 0.751. The molecular weight excluding hydrogens is 216 g/mol. The highest BCUT2D eigenvalue weighted by Crippen LogP contribution is 2.47. The zero-order valence-corrected chi connectivity index (χ0v) is 10.6. The Morgan fingerprint density at radius 3 is 2.59 bits per heavy atom. The monoisotopic (exact) mass is 240 g/mol. The molecule has 2 aliphatic rings. The van der Waals surface area contributed by atoms with Gasteiger partial charge in [-0.2, -0.15) is 0 Å². The number of carbonyl (C=O) groups excluding carboxylic acids is 1. The average molecular weight is 240 g/mol. The number of rotatable bonds is 7. The molecule has 0 radical (unpaired) electrons. The Morgan fingerprint density at radius 2 is 2.00 bits per heavy atom. The molecular formula is C13H24N2O2. The molecule has 0 atom stereocenters. The van der Waals surface area contributed by atoms with Gasteiger partial charge in [-0.25, -0.2) is 0 Å². The normalized spacial score (nSPS) is 22.6. The van der Waals surface area contributed by atoms with E-state index in [-0.39, 0.29) is 17.9 Å². The maximum atomic E-state index is 11.7. The number of hydrogen-bond donors (Lipinski definition) is 2. The number of aliphatic hydroxyl groups is 1. The van der Waals surface area contributed by atoms with Gasteiger partial charge in [-0.1, -0.05) is 0 Å². The van der Waals surface area contributed by atoms with Crippen molar-refractivity contribution in [3.8, 4) is 0 Å². The van der Waals surface area contributed by atoms with E-state index in [0.29, 0.717) is 6.42 Å². The lowest BCUT2D eigenvalue weighted by molar-refractivity contribution is -0.121. The summed E-state index contributed by atoms with van der Waals surface area (Å²) >= 11 is 0. The third-order valence-electron chi connectivity index (χ3n) is 4.11. The highest BCUT2D eigenvalue weighted by molar-refractivity contribution is 5.76. The first kappa shape index (κ1) is 12.8. The second-order valence-electron chi connectivity index (χ2n) is 5.55. The first-order valence-electron chi connectivity index (χ1n) is 6.84. The van der Waals surface area contributed by atoms with Crippen LogP contribution in [0.5, 0.6) is 0 Å². The second kappa shape index (κ2) is 5.83. The van der Waals surface area contributed by atoms with Gasteiger partial charge in [-0.3, -0.25) is 4.79 Å². The van der Waals surface area contributed by atoms with E-state index in [2.05, 4.69) is 10.2 Å². The number of amides is 1. The van der Waals surface area contributed by atoms with Gasteiger partial charge in [0.1, 0.15) is 0 Å². The van der Waals surface area contributed by atoms with Crippen molar-refractivity contribution in [1.29, 1.82) is 0 Å². The lowest BCUT2D eigenvalue weighted by Gasteiger charge is -2.16. The quantitative estimate of drug-likeness (QED) is 0.690. The molecule has 0 unspecified atom stereocenters. The highest BCUT2D eigenvalue weighted by atomic mass is 16.3. The van der Waals surface area contributed by atoms with E-state index in [1.165, 1.54) is 12.8 Å². The van der Waals surface area contributed by atoms with Crippen LogP contribution in [0.25, 0.3) is 0 Å². The average Bonchev–Trinajstić information content (AvgIpc) is 2.90. The van der Waals surface area contributed by atoms with Gasteiger partial charge in [0.15, 0.2) is 0 Å². The van der Waals surface area contributed by atoms with Crippen LogP contribution in [0, 0.1) is 5.41 Å². The molecule has 0 aromatic rings. The van der Waals surface area contributed by atoms with Gasteiger partial charge < -0.3 is 15.3 Å². The van der Waals surface area contributed by atoms with Crippen molar-refractivity contribution >= 4 is 5.91 Å². The fraction of sp³-hybridized carbons (Fsp3) is 0.923. The van der Waals surface area contributed by atoms with Crippen LogP contribution in [-0.4, -0.2) is 48.7 Å². The first-order valence-corrected chi connectivity index (χ1v) is 6.84. The van der Waals surface area contributed by atoms with E-state index < -0.39 is 0 Å². The second-order valence-corrected chi connectivity index (χ2v) is 5.55. The Balaban J connectivity index is 1.57. The summed E-state index contributed by atoms with van der Waals surface area (Å²) in [5.41, 5.74) is 0.234. The molecule has 0 bridgehead atoms. The molecule has 98 valence electrons. The Labute approximate surface area is 103 Å². The Morgan fingerprint density at radius 1 is 1.29 bits per heavy atom. The molecule has 0 aromatic carbocycles. The summed E-state index contributed by atoms with van der Waals surface area (Å²) in [6, 6.07) is 0. The van der Waals surface area contributed by atoms with Gasteiger partial charge in [0, 0.05) is 26.1 Å². The number of hydrogen-bond acceptors (Lipinski definition) is 3. The summed E-state index contributed by atoms with van der Waals surface area (Å²) in [4.78, 5) is 14.0. The Kier molecular flexibility index (Phi) is 4.40. The SMILES string of the molecule is O=C(CCN1CCCC1)NCC1(CCO)CC1. The van der Waals surface area contributed by atoms with Crippen LogP contribution in [0.15, 0.2) is 0 Å². The smallest absolute Gasteiger partial charge is 0.221 e. The van der Waals surface area contributed by atoms with Gasteiger partial charge >= 0.3 is 0 Å². The molecule has 1 amide bonds. The summed E-state index contributed by atoms with van der Waals surface area (Å²) in [6.07, 6.45) is 6.32. The molecule has 1 heterocycles. The zero-order chi connectivity index (χ0) is 12.1. The number of nitrogens with zero attached hydrogens (tertiary/aromatic N) is 1.